The maximum atomic E-state index is 16.2. The number of fused-ring (bicyclic) bond motifs is 1. The van der Waals surface area contributed by atoms with E-state index in [0.717, 1.165) is 13.3 Å². The number of benzene rings is 1. The number of esters is 1. The number of ether oxygens (including phenoxy) is 2. The summed E-state index contributed by atoms with van der Waals surface area (Å²) < 4.78 is 52.4. The van der Waals surface area contributed by atoms with Crippen LogP contribution >= 0.6 is 7.75 Å². The lowest BCUT2D eigenvalue weighted by Gasteiger charge is -2.30. The van der Waals surface area contributed by atoms with Crippen molar-refractivity contribution in [3.8, 4) is 11.8 Å². The molecule has 0 saturated carbocycles. The van der Waals surface area contributed by atoms with E-state index in [2.05, 4.69) is 15.2 Å². The predicted octanol–water partition coefficient (Wildman–Crippen LogP) is 1.87. The van der Waals surface area contributed by atoms with Crippen molar-refractivity contribution in [2.45, 2.75) is 37.3 Å². The molecule has 1 unspecified atom stereocenters. The second kappa shape index (κ2) is 10.6. The zero-order valence-corrected chi connectivity index (χ0v) is 21.4. The third-order valence-corrected chi connectivity index (χ3v) is 7.51. The van der Waals surface area contributed by atoms with E-state index in [1.807, 2.05) is 6.07 Å². The molecule has 202 valence electrons. The second-order valence-electron chi connectivity index (χ2n) is 8.47. The molecule has 0 aliphatic carbocycles. The molecule has 1 aromatic carbocycles. The van der Waals surface area contributed by atoms with E-state index in [1.54, 1.807) is 25.1 Å². The molecule has 0 amide bonds. The van der Waals surface area contributed by atoms with E-state index in [9.17, 15) is 19.7 Å². The van der Waals surface area contributed by atoms with E-state index >= 15 is 4.39 Å². The first-order valence-corrected chi connectivity index (χ1v) is 13.1. The van der Waals surface area contributed by atoms with Gasteiger partial charge in [0.2, 0.25) is 5.60 Å². The van der Waals surface area contributed by atoms with E-state index in [4.69, 9.17) is 24.3 Å². The molecule has 2 aromatic heterocycles. The van der Waals surface area contributed by atoms with Crippen molar-refractivity contribution >= 4 is 25.1 Å². The molecule has 0 bridgehead atoms. The second-order valence-corrected chi connectivity index (χ2v) is 10.2. The molecular formula is C23H26FN6O7P. The summed E-state index contributed by atoms with van der Waals surface area (Å²) in [6.07, 6.45) is -2.25. The number of aliphatic hydroxyl groups excluding tert-OH is 1. The van der Waals surface area contributed by atoms with Gasteiger partial charge in [0.1, 0.15) is 42.4 Å². The first-order valence-electron chi connectivity index (χ1n) is 11.5. The topological polar surface area (TPSA) is 183 Å². The van der Waals surface area contributed by atoms with Gasteiger partial charge in [-0.25, -0.2) is 23.5 Å². The van der Waals surface area contributed by atoms with E-state index in [-0.39, 0.29) is 23.9 Å². The molecule has 1 fully saturated rings. The summed E-state index contributed by atoms with van der Waals surface area (Å²) >= 11 is 0. The highest BCUT2D eigenvalue weighted by Gasteiger charge is 2.67. The van der Waals surface area contributed by atoms with Crippen LogP contribution in [0.4, 0.5) is 10.2 Å². The summed E-state index contributed by atoms with van der Waals surface area (Å²) in [6, 6.07) is 12.7. The third kappa shape index (κ3) is 4.94. The predicted molar refractivity (Wildman–Crippen MR) is 130 cm³/mol. The third-order valence-electron chi connectivity index (χ3n) is 6.02. The highest BCUT2D eigenvalue weighted by Crippen LogP contribution is 2.51. The Hall–Kier alpha value is -3.60. The quantitative estimate of drug-likeness (QED) is 0.247. The number of nitrogens with zero attached hydrogens (tertiary/aromatic N) is 4. The standard InChI is InChI=1S/C23H26FN6O7P/c1-3-34-19(31)11-29-38(33,37-15-7-5-4-6-8-15)35-12-17-20(32)22(2,24)23(13-25,36-17)18-10-9-16-21(26)27-14-28-30(16)18/h4-10,14,17,20,32H,3,11-12H2,1-2H3,(H,29,33)(H2,26,27,28)/t17-,20-,22-,23+,38?/m1/s1. The maximum Gasteiger partial charge on any atom is 0.459 e. The molecule has 5 atom stereocenters. The number of nitriles is 1. The highest BCUT2D eigenvalue weighted by atomic mass is 31.2. The first-order chi connectivity index (χ1) is 18.1. The molecule has 38 heavy (non-hydrogen) atoms. The number of anilines is 1. The van der Waals surface area contributed by atoms with Crippen LogP contribution in [0.2, 0.25) is 0 Å². The van der Waals surface area contributed by atoms with Crippen LogP contribution in [0.3, 0.4) is 0 Å². The van der Waals surface area contributed by atoms with Gasteiger partial charge >= 0.3 is 13.7 Å². The van der Waals surface area contributed by atoms with Gasteiger partial charge in [-0.3, -0.25) is 9.32 Å². The normalized spacial score (nSPS) is 26.5. The number of alkyl halides is 1. The molecule has 4 rings (SSSR count). The van der Waals surface area contributed by atoms with Crippen molar-refractivity contribution in [1.29, 1.82) is 5.26 Å². The maximum absolute atomic E-state index is 16.2. The molecule has 0 spiro atoms. The number of aromatic nitrogens is 3. The van der Waals surface area contributed by atoms with Gasteiger partial charge in [0.15, 0.2) is 11.5 Å². The lowest BCUT2D eigenvalue weighted by Crippen LogP contribution is -2.48. The number of nitrogens with one attached hydrogen (secondary N) is 1. The molecule has 3 heterocycles. The summed E-state index contributed by atoms with van der Waals surface area (Å²) in [5.41, 5.74) is 1.09. The number of para-hydroxylation sites is 1. The Bertz CT molecular complexity index is 1400. The summed E-state index contributed by atoms with van der Waals surface area (Å²) in [5, 5.41) is 27.4. The fraction of sp³-hybridized carbons (Fsp3) is 0.391. The van der Waals surface area contributed by atoms with Gasteiger partial charge in [-0.15, -0.1) is 0 Å². The molecule has 3 aromatic rings. The lowest BCUT2D eigenvalue weighted by atomic mass is 9.82. The number of aliphatic hydroxyl groups is 1. The van der Waals surface area contributed by atoms with Crippen molar-refractivity contribution in [3.63, 3.8) is 0 Å². The number of nitrogen functional groups attached to an aromatic ring is 1. The smallest absolute Gasteiger partial charge is 0.459 e. The van der Waals surface area contributed by atoms with Gasteiger partial charge in [-0.2, -0.15) is 10.4 Å². The monoisotopic (exact) mass is 548 g/mol. The Balaban J connectivity index is 1.60. The van der Waals surface area contributed by atoms with Crippen LogP contribution in [-0.4, -0.2) is 63.3 Å². The minimum atomic E-state index is -4.29. The van der Waals surface area contributed by atoms with E-state index in [1.165, 1.54) is 28.8 Å². The Labute approximate surface area is 216 Å². The van der Waals surface area contributed by atoms with Crippen molar-refractivity contribution in [2.75, 3.05) is 25.5 Å². The van der Waals surface area contributed by atoms with Gasteiger partial charge in [0, 0.05) is 0 Å². The number of halogens is 1. The number of hydrogen-bond donors (Lipinski definition) is 3. The van der Waals surface area contributed by atoms with Gasteiger partial charge in [0.05, 0.1) is 18.9 Å². The number of hydrogen-bond acceptors (Lipinski definition) is 11. The zero-order chi connectivity index (χ0) is 27.6. The van der Waals surface area contributed by atoms with E-state index < -0.39 is 50.3 Å². The van der Waals surface area contributed by atoms with Crippen molar-refractivity contribution in [1.82, 2.24) is 19.7 Å². The minimum Gasteiger partial charge on any atom is -0.465 e. The highest BCUT2D eigenvalue weighted by molar-refractivity contribution is 7.52. The zero-order valence-electron chi connectivity index (χ0n) is 20.5. The number of carbonyl (C=O) groups is 1. The molecular weight excluding hydrogens is 522 g/mol. The molecule has 0 radical (unpaired) electrons. The Kier molecular flexibility index (Phi) is 7.68. The molecule has 1 aliphatic rings. The van der Waals surface area contributed by atoms with Crippen LogP contribution in [-0.2, 0) is 29.0 Å². The van der Waals surface area contributed by atoms with Crippen LogP contribution in [0.25, 0.3) is 5.52 Å². The lowest BCUT2D eigenvalue weighted by molar-refractivity contribution is -0.141. The van der Waals surface area contributed by atoms with Gasteiger partial charge in [-0.05, 0) is 38.1 Å². The van der Waals surface area contributed by atoms with Gasteiger partial charge in [0.25, 0.3) is 0 Å². The number of nitrogens with two attached hydrogens (primary N) is 1. The van der Waals surface area contributed by atoms with Crippen LogP contribution in [0, 0.1) is 11.3 Å². The van der Waals surface area contributed by atoms with Crippen molar-refractivity contribution < 1.29 is 37.4 Å². The molecule has 4 N–H and O–H groups in total. The molecule has 15 heteroatoms. The van der Waals surface area contributed by atoms with E-state index in [0.29, 0.717) is 5.52 Å². The van der Waals surface area contributed by atoms with Crippen molar-refractivity contribution in [2.24, 2.45) is 0 Å². The SMILES string of the molecule is CCOC(=O)CNP(=O)(OC[C@H]1O[C@@](C#N)(c2ccc3c(N)ncnn23)[C@](C)(F)[C@@H]1O)Oc1ccccc1. The number of carbonyl (C=O) groups excluding carboxylic acids is 1. The van der Waals surface area contributed by atoms with Crippen molar-refractivity contribution in [3.05, 3.63) is 54.5 Å². The average molecular weight is 548 g/mol. The van der Waals surface area contributed by atoms with Crippen LogP contribution in [0.5, 0.6) is 5.75 Å². The first kappa shape index (κ1) is 27.4. The summed E-state index contributed by atoms with van der Waals surface area (Å²) in [7, 11) is -4.29. The molecule has 1 aliphatic heterocycles. The molecule has 1 saturated heterocycles. The Morgan fingerprint density at radius 1 is 1.37 bits per heavy atom. The largest absolute Gasteiger partial charge is 0.465 e. The Morgan fingerprint density at radius 2 is 2.11 bits per heavy atom. The fourth-order valence-electron chi connectivity index (χ4n) is 4.08. The number of rotatable bonds is 10. The summed E-state index contributed by atoms with van der Waals surface area (Å²) in [5.74, 6) is -0.477. The van der Waals surface area contributed by atoms with Crippen LogP contribution < -0.4 is 15.3 Å². The summed E-state index contributed by atoms with van der Waals surface area (Å²) in [6.45, 7) is 1.52. The van der Waals surface area contributed by atoms with Crippen LogP contribution in [0.1, 0.15) is 19.5 Å². The van der Waals surface area contributed by atoms with Crippen LogP contribution in [0.15, 0.2) is 48.8 Å². The summed E-state index contributed by atoms with van der Waals surface area (Å²) in [4.78, 5) is 15.7. The molecule has 13 nitrogen and oxygen atoms in total. The Morgan fingerprint density at radius 3 is 2.79 bits per heavy atom. The average Bonchev–Trinajstić information content (AvgIpc) is 3.41. The van der Waals surface area contributed by atoms with Gasteiger partial charge < -0.3 is 24.8 Å². The minimum absolute atomic E-state index is 0.0418. The fourth-order valence-corrected chi connectivity index (χ4v) is 5.36. The van der Waals surface area contributed by atoms with Gasteiger partial charge in [-0.1, -0.05) is 18.2 Å².